The van der Waals surface area contributed by atoms with Crippen molar-refractivity contribution in [1.29, 1.82) is 0 Å². The second-order valence-electron chi connectivity index (χ2n) is 5.43. The van der Waals surface area contributed by atoms with E-state index in [9.17, 15) is 0 Å². The highest BCUT2D eigenvalue weighted by atomic mass is 16.5. The van der Waals surface area contributed by atoms with Crippen molar-refractivity contribution in [3.63, 3.8) is 0 Å². The monoisotopic (exact) mass is 313 g/mol. The van der Waals surface area contributed by atoms with E-state index in [4.69, 9.17) is 15.7 Å². The van der Waals surface area contributed by atoms with Gasteiger partial charge in [-0.15, -0.1) is 0 Å². The lowest BCUT2D eigenvalue weighted by molar-refractivity contribution is 0.0225. The van der Waals surface area contributed by atoms with Crippen LogP contribution in [-0.2, 0) is 4.74 Å². The van der Waals surface area contributed by atoms with Crippen molar-refractivity contribution in [2.24, 2.45) is 15.9 Å². The standard InChI is InChI=1S/C18H23N3O2/c1-14(20-13-17-6-2-3-12-23-17)18(21-19)16-9-7-15(8-10-16)5-4-11-22/h7-10,17,22H,2-3,6,11-13,19H2,1H3/b20-14?,21-18+. The largest absolute Gasteiger partial charge is 0.384 e. The molecule has 5 nitrogen and oxygen atoms in total. The Kier molecular flexibility index (Phi) is 6.79. The lowest BCUT2D eigenvalue weighted by Gasteiger charge is -2.21. The quantitative estimate of drug-likeness (QED) is 0.384. The van der Waals surface area contributed by atoms with Gasteiger partial charge >= 0.3 is 0 Å². The van der Waals surface area contributed by atoms with Gasteiger partial charge in [-0.1, -0.05) is 24.0 Å². The lowest BCUT2D eigenvalue weighted by Crippen LogP contribution is -2.23. The van der Waals surface area contributed by atoms with Crippen LogP contribution in [0.2, 0.25) is 0 Å². The molecule has 1 aromatic rings. The number of nitrogens with two attached hydrogens (primary N) is 1. The molecule has 1 aromatic carbocycles. The summed E-state index contributed by atoms with van der Waals surface area (Å²) in [5, 5.41) is 12.6. The Morgan fingerprint density at radius 3 is 2.74 bits per heavy atom. The second kappa shape index (κ2) is 9.09. The second-order valence-corrected chi connectivity index (χ2v) is 5.43. The zero-order valence-electron chi connectivity index (χ0n) is 13.5. The molecule has 1 fully saturated rings. The Morgan fingerprint density at radius 2 is 2.13 bits per heavy atom. The van der Waals surface area contributed by atoms with Crippen molar-refractivity contribution in [2.75, 3.05) is 19.8 Å². The summed E-state index contributed by atoms with van der Waals surface area (Å²) in [4.78, 5) is 4.59. The molecule has 2 rings (SSSR count). The van der Waals surface area contributed by atoms with Crippen molar-refractivity contribution in [1.82, 2.24) is 0 Å². The van der Waals surface area contributed by atoms with Crippen molar-refractivity contribution >= 4 is 11.4 Å². The molecule has 122 valence electrons. The first-order valence-electron chi connectivity index (χ1n) is 7.85. The van der Waals surface area contributed by atoms with Crippen LogP contribution in [0.5, 0.6) is 0 Å². The molecular formula is C18H23N3O2. The smallest absolute Gasteiger partial charge is 0.111 e. The number of aliphatic hydroxyl groups excluding tert-OH is 1. The van der Waals surface area contributed by atoms with Gasteiger partial charge in [-0.2, -0.15) is 5.10 Å². The first-order chi connectivity index (χ1) is 11.2. The van der Waals surface area contributed by atoms with Gasteiger partial charge in [0.15, 0.2) is 0 Å². The van der Waals surface area contributed by atoms with Gasteiger partial charge in [0.05, 0.1) is 18.4 Å². The van der Waals surface area contributed by atoms with Gasteiger partial charge in [-0.3, -0.25) is 4.99 Å². The van der Waals surface area contributed by atoms with Crippen LogP contribution in [0.25, 0.3) is 0 Å². The Morgan fingerprint density at radius 1 is 1.35 bits per heavy atom. The average molecular weight is 313 g/mol. The van der Waals surface area contributed by atoms with E-state index in [1.807, 2.05) is 31.2 Å². The highest BCUT2D eigenvalue weighted by Crippen LogP contribution is 2.13. The van der Waals surface area contributed by atoms with E-state index in [2.05, 4.69) is 21.9 Å². The maximum atomic E-state index is 8.71. The molecule has 1 saturated heterocycles. The maximum Gasteiger partial charge on any atom is 0.111 e. The number of hydrazone groups is 1. The molecule has 1 aliphatic heterocycles. The van der Waals surface area contributed by atoms with Crippen molar-refractivity contribution in [3.8, 4) is 11.8 Å². The minimum Gasteiger partial charge on any atom is -0.384 e. The SMILES string of the molecule is CC(=NCC1CCCCO1)/C(=N\N)c1ccc(C#CCO)cc1. The van der Waals surface area contributed by atoms with Crippen LogP contribution in [0.1, 0.15) is 37.3 Å². The van der Waals surface area contributed by atoms with Crippen molar-refractivity contribution in [2.45, 2.75) is 32.3 Å². The minimum absolute atomic E-state index is 0.147. The third-order valence-electron chi connectivity index (χ3n) is 3.75. The number of aliphatic hydroxyl groups is 1. The molecule has 0 spiro atoms. The summed E-state index contributed by atoms with van der Waals surface area (Å²) in [6.45, 7) is 3.23. The van der Waals surface area contributed by atoms with Crippen LogP contribution in [-0.4, -0.2) is 42.4 Å². The highest BCUT2D eigenvalue weighted by Gasteiger charge is 2.14. The maximum absolute atomic E-state index is 8.71. The van der Waals surface area contributed by atoms with Crippen molar-refractivity contribution in [3.05, 3.63) is 35.4 Å². The van der Waals surface area contributed by atoms with E-state index < -0.39 is 0 Å². The molecule has 0 saturated carbocycles. The fourth-order valence-corrected chi connectivity index (χ4v) is 2.49. The molecule has 0 aromatic heterocycles. The molecule has 0 amide bonds. The molecule has 1 unspecified atom stereocenters. The van der Waals surface area contributed by atoms with E-state index in [-0.39, 0.29) is 12.7 Å². The van der Waals surface area contributed by atoms with Gasteiger partial charge in [0.25, 0.3) is 0 Å². The highest BCUT2D eigenvalue weighted by molar-refractivity contribution is 6.47. The molecule has 3 N–H and O–H groups in total. The molecule has 1 atom stereocenters. The number of hydrogen-bond acceptors (Lipinski definition) is 5. The van der Waals surface area contributed by atoms with Crippen molar-refractivity contribution < 1.29 is 9.84 Å². The van der Waals surface area contributed by atoms with Crippen LogP contribution >= 0.6 is 0 Å². The van der Waals surface area contributed by atoms with Gasteiger partial charge in [-0.25, -0.2) is 0 Å². The number of rotatable bonds is 4. The fourth-order valence-electron chi connectivity index (χ4n) is 2.49. The molecule has 1 heterocycles. The molecule has 0 bridgehead atoms. The Labute approximate surface area is 137 Å². The lowest BCUT2D eigenvalue weighted by atomic mass is 10.0. The van der Waals surface area contributed by atoms with E-state index in [1.165, 1.54) is 6.42 Å². The number of aliphatic imine (C=N–C) groups is 1. The van der Waals surface area contributed by atoms with Gasteiger partial charge < -0.3 is 15.7 Å². The van der Waals surface area contributed by atoms with Gasteiger partial charge in [-0.05, 0) is 38.3 Å². The zero-order valence-corrected chi connectivity index (χ0v) is 13.5. The third kappa shape index (κ3) is 5.20. The van der Waals surface area contributed by atoms with E-state index >= 15 is 0 Å². The predicted molar refractivity (Wildman–Crippen MR) is 92.7 cm³/mol. The molecule has 0 radical (unpaired) electrons. The molecule has 5 heteroatoms. The number of ether oxygens (including phenoxy) is 1. The van der Waals surface area contributed by atoms with E-state index in [0.717, 1.165) is 36.3 Å². The first-order valence-corrected chi connectivity index (χ1v) is 7.85. The normalized spacial score (nSPS) is 19.1. The Balaban J connectivity index is 2.05. The minimum atomic E-state index is -0.147. The first kappa shape index (κ1) is 17.2. The number of hydrogen-bond donors (Lipinski definition) is 2. The number of benzene rings is 1. The summed E-state index contributed by atoms with van der Waals surface area (Å²) in [5.74, 6) is 11.0. The predicted octanol–water partition coefficient (Wildman–Crippen LogP) is 1.72. The van der Waals surface area contributed by atoms with Crippen LogP contribution in [0.15, 0.2) is 34.4 Å². The average Bonchev–Trinajstić information content (AvgIpc) is 2.61. The summed E-state index contributed by atoms with van der Waals surface area (Å²) in [6, 6.07) is 7.56. The summed E-state index contributed by atoms with van der Waals surface area (Å²) >= 11 is 0. The topological polar surface area (TPSA) is 80.2 Å². The molecule has 0 aliphatic carbocycles. The summed E-state index contributed by atoms with van der Waals surface area (Å²) in [7, 11) is 0. The molecular weight excluding hydrogens is 290 g/mol. The molecule has 1 aliphatic rings. The van der Waals surface area contributed by atoms with Crippen LogP contribution in [0, 0.1) is 11.8 Å². The van der Waals surface area contributed by atoms with E-state index in [1.54, 1.807) is 0 Å². The number of nitrogens with zero attached hydrogens (tertiary/aromatic N) is 2. The zero-order chi connectivity index (χ0) is 16.5. The van der Waals surface area contributed by atoms with Gasteiger partial charge in [0.1, 0.15) is 12.3 Å². The fraction of sp³-hybridized carbons (Fsp3) is 0.444. The van der Waals surface area contributed by atoms with E-state index in [0.29, 0.717) is 12.3 Å². The van der Waals surface area contributed by atoms with Gasteiger partial charge in [0.2, 0.25) is 0 Å². The van der Waals surface area contributed by atoms with Crippen LogP contribution in [0.4, 0.5) is 0 Å². The third-order valence-corrected chi connectivity index (χ3v) is 3.75. The summed E-state index contributed by atoms with van der Waals surface area (Å²) < 4.78 is 5.69. The summed E-state index contributed by atoms with van der Waals surface area (Å²) in [6.07, 6.45) is 3.60. The Hall–Kier alpha value is -2.16. The Bertz CT molecular complexity index is 618. The van der Waals surface area contributed by atoms with Crippen LogP contribution < -0.4 is 5.84 Å². The van der Waals surface area contributed by atoms with Crippen LogP contribution in [0.3, 0.4) is 0 Å². The van der Waals surface area contributed by atoms with Gasteiger partial charge in [0, 0.05) is 17.7 Å². The molecule has 23 heavy (non-hydrogen) atoms. The summed E-state index contributed by atoms with van der Waals surface area (Å²) in [5.41, 5.74) is 3.20.